The third-order valence-electron chi connectivity index (χ3n) is 2.64. The zero-order valence-corrected chi connectivity index (χ0v) is 11.7. The molecule has 0 radical (unpaired) electrons. The highest BCUT2D eigenvalue weighted by atomic mass is 35.5. The van der Waals surface area contributed by atoms with E-state index in [4.69, 9.17) is 11.6 Å². The number of hydrogen-bond donors (Lipinski definition) is 2. The van der Waals surface area contributed by atoms with Crippen molar-refractivity contribution in [2.45, 2.75) is 20.3 Å². The topological polar surface area (TPSA) is 54.0 Å². The summed E-state index contributed by atoms with van der Waals surface area (Å²) in [6.07, 6.45) is 2.16. The van der Waals surface area contributed by atoms with Gasteiger partial charge in [-0.2, -0.15) is 0 Å². The van der Waals surface area contributed by atoms with Crippen LogP contribution in [0, 0.1) is 5.92 Å². The number of fused-ring (bicyclic) bond motifs is 1. The van der Waals surface area contributed by atoms with E-state index in [9.17, 15) is 4.79 Å². The first-order valence-corrected chi connectivity index (χ1v) is 6.53. The second kappa shape index (κ2) is 5.89. The number of hydrazine groups is 1. The highest BCUT2D eigenvalue weighted by molar-refractivity contribution is 6.31. The Morgan fingerprint density at radius 3 is 2.89 bits per heavy atom. The first kappa shape index (κ1) is 13.6. The molecular formula is C14H16ClN3O. The molecule has 19 heavy (non-hydrogen) atoms. The molecule has 2 N–H and O–H groups in total. The van der Waals surface area contributed by atoms with E-state index in [0.717, 1.165) is 16.6 Å². The van der Waals surface area contributed by atoms with Gasteiger partial charge in [0.2, 0.25) is 5.91 Å². The van der Waals surface area contributed by atoms with Gasteiger partial charge in [-0.3, -0.25) is 20.6 Å². The van der Waals surface area contributed by atoms with Crippen molar-refractivity contribution in [3.05, 3.63) is 35.5 Å². The maximum Gasteiger partial charge on any atom is 0.238 e. The summed E-state index contributed by atoms with van der Waals surface area (Å²) in [5.74, 6) is 0.295. The number of nitrogens with zero attached hydrogens (tertiary/aromatic N) is 1. The minimum atomic E-state index is -0.0334. The Kier molecular flexibility index (Phi) is 4.22. The van der Waals surface area contributed by atoms with Crippen molar-refractivity contribution in [1.82, 2.24) is 10.4 Å². The summed E-state index contributed by atoms with van der Waals surface area (Å²) in [7, 11) is 0. The molecule has 5 heteroatoms. The van der Waals surface area contributed by atoms with E-state index in [1.165, 1.54) is 0 Å². The molecule has 0 aliphatic carbocycles. The molecule has 1 aromatic carbocycles. The van der Waals surface area contributed by atoms with Gasteiger partial charge in [0.1, 0.15) is 0 Å². The molecular weight excluding hydrogens is 262 g/mol. The number of hydrogen-bond acceptors (Lipinski definition) is 3. The van der Waals surface area contributed by atoms with Crippen LogP contribution >= 0.6 is 11.6 Å². The van der Waals surface area contributed by atoms with Crippen LogP contribution in [0.4, 0.5) is 5.69 Å². The third kappa shape index (κ3) is 3.58. The first-order chi connectivity index (χ1) is 9.06. The van der Waals surface area contributed by atoms with Crippen LogP contribution in [0.2, 0.25) is 5.02 Å². The molecule has 0 unspecified atom stereocenters. The van der Waals surface area contributed by atoms with Gasteiger partial charge in [0, 0.05) is 23.0 Å². The van der Waals surface area contributed by atoms with Crippen molar-refractivity contribution in [1.29, 1.82) is 0 Å². The van der Waals surface area contributed by atoms with Crippen molar-refractivity contribution >= 4 is 34.1 Å². The second-order valence-electron chi connectivity index (χ2n) is 4.79. The SMILES string of the molecule is CC(C)CC(=O)NNc1ccnc2cc(Cl)ccc12. The highest BCUT2D eigenvalue weighted by Gasteiger charge is 2.06. The van der Waals surface area contributed by atoms with Gasteiger partial charge in [0.05, 0.1) is 11.2 Å². The zero-order valence-electron chi connectivity index (χ0n) is 10.9. The molecule has 1 aromatic heterocycles. The molecule has 0 saturated heterocycles. The third-order valence-corrected chi connectivity index (χ3v) is 2.87. The molecule has 0 bridgehead atoms. The lowest BCUT2D eigenvalue weighted by Crippen LogP contribution is -2.30. The lowest BCUT2D eigenvalue weighted by molar-refractivity contribution is -0.121. The first-order valence-electron chi connectivity index (χ1n) is 6.15. The zero-order chi connectivity index (χ0) is 13.8. The van der Waals surface area contributed by atoms with Gasteiger partial charge in [-0.15, -0.1) is 0 Å². The van der Waals surface area contributed by atoms with Crippen molar-refractivity contribution in [3.63, 3.8) is 0 Å². The number of rotatable bonds is 4. The molecule has 0 atom stereocenters. The molecule has 0 saturated carbocycles. The fourth-order valence-electron chi connectivity index (χ4n) is 1.79. The highest BCUT2D eigenvalue weighted by Crippen LogP contribution is 2.23. The van der Waals surface area contributed by atoms with E-state index in [1.807, 2.05) is 26.0 Å². The Balaban J connectivity index is 2.15. The molecule has 0 aliphatic rings. The van der Waals surface area contributed by atoms with Gasteiger partial charge in [-0.1, -0.05) is 25.4 Å². The average molecular weight is 278 g/mol. The van der Waals surface area contributed by atoms with Crippen LogP contribution in [0.5, 0.6) is 0 Å². The molecule has 2 rings (SSSR count). The molecule has 1 amide bonds. The van der Waals surface area contributed by atoms with E-state index in [0.29, 0.717) is 17.4 Å². The number of halogens is 1. The average Bonchev–Trinajstić information content (AvgIpc) is 2.35. The molecule has 2 aromatic rings. The Morgan fingerprint density at radius 1 is 1.37 bits per heavy atom. The molecule has 0 spiro atoms. The summed E-state index contributed by atoms with van der Waals surface area (Å²) in [5, 5.41) is 1.55. The number of nitrogens with one attached hydrogen (secondary N) is 2. The van der Waals surface area contributed by atoms with Crippen LogP contribution in [0.1, 0.15) is 20.3 Å². The molecule has 0 fully saturated rings. The lowest BCUT2D eigenvalue weighted by atomic mass is 10.1. The summed E-state index contributed by atoms with van der Waals surface area (Å²) < 4.78 is 0. The van der Waals surface area contributed by atoms with Crippen LogP contribution < -0.4 is 10.9 Å². The minimum absolute atomic E-state index is 0.0334. The second-order valence-corrected chi connectivity index (χ2v) is 5.23. The summed E-state index contributed by atoms with van der Waals surface area (Å²) in [6, 6.07) is 7.28. The van der Waals surface area contributed by atoms with Crippen LogP contribution in [0.15, 0.2) is 30.5 Å². The predicted octanol–water partition coefficient (Wildman–Crippen LogP) is 3.38. The summed E-state index contributed by atoms with van der Waals surface area (Å²) in [4.78, 5) is 15.8. The van der Waals surface area contributed by atoms with Gasteiger partial charge in [-0.25, -0.2) is 0 Å². The largest absolute Gasteiger partial charge is 0.298 e. The van der Waals surface area contributed by atoms with Gasteiger partial charge in [-0.05, 0) is 30.2 Å². The van der Waals surface area contributed by atoms with Crippen LogP contribution in [0.25, 0.3) is 10.9 Å². The Hall–Kier alpha value is -1.81. The number of carbonyl (C=O) groups excluding carboxylic acids is 1. The maximum atomic E-state index is 11.6. The van der Waals surface area contributed by atoms with E-state index >= 15 is 0 Å². The summed E-state index contributed by atoms with van der Waals surface area (Å²) >= 11 is 5.93. The van der Waals surface area contributed by atoms with Crippen molar-refractivity contribution in [2.24, 2.45) is 5.92 Å². The van der Waals surface area contributed by atoms with Gasteiger partial charge in [0.15, 0.2) is 0 Å². The normalized spacial score (nSPS) is 10.7. The molecule has 100 valence electrons. The quantitative estimate of drug-likeness (QED) is 0.843. The fourth-order valence-corrected chi connectivity index (χ4v) is 1.96. The van der Waals surface area contributed by atoms with Crippen LogP contribution in [-0.2, 0) is 4.79 Å². The number of carbonyl (C=O) groups is 1. The number of pyridine rings is 1. The fraction of sp³-hybridized carbons (Fsp3) is 0.286. The van der Waals surface area contributed by atoms with Crippen LogP contribution in [0.3, 0.4) is 0 Å². The maximum absolute atomic E-state index is 11.6. The predicted molar refractivity (Wildman–Crippen MR) is 78.0 cm³/mol. The van der Waals surface area contributed by atoms with Gasteiger partial charge < -0.3 is 0 Å². The van der Waals surface area contributed by atoms with Crippen molar-refractivity contribution in [3.8, 4) is 0 Å². The monoisotopic (exact) mass is 277 g/mol. The Morgan fingerprint density at radius 2 is 2.16 bits per heavy atom. The number of anilines is 1. The smallest absolute Gasteiger partial charge is 0.238 e. The van der Waals surface area contributed by atoms with Crippen molar-refractivity contribution in [2.75, 3.05) is 5.43 Å². The van der Waals surface area contributed by atoms with E-state index in [2.05, 4.69) is 15.8 Å². The molecule has 0 aliphatic heterocycles. The lowest BCUT2D eigenvalue weighted by Gasteiger charge is -2.11. The standard InChI is InChI=1S/C14H16ClN3O/c1-9(2)7-14(19)18-17-12-5-6-16-13-8-10(15)3-4-11(12)13/h3-6,8-9H,7H2,1-2H3,(H,16,17)(H,18,19). The van der Waals surface area contributed by atoms with Crippen LogP contribution in [-0.4, -0.2) is 10.9 Å². The van der Waals surface area contributed by atoms with Gasteiger partial charge >= 0.3 is 0 Å². The Labute approximate surface area is 117 Å². The summed E-state index contributed by atoms with van der Waals surface area (Å²) in [5.41, 5.74) is 7.21. The van der Waals surface area contributed by atoms with E-state index < -0.39 is 0 Å². The van der Waals surface area contributed by atoms with Gasteiger partial charge in [0.25, 0.3) is 0 Å². The van der Waals surface area contributed by atoms with E-state index in [1.54, 1.807) is 18.3 Å². The summed E-state index contributed by atoms with van der Waals surface area (Å²) in [6.45, 7) is 4.01. The minimum Gasteiger partial charge on any atom is -0.298 e. The molecule has 1 heterocycles. The number of aromatic nitrogens is 1. The number of amides is 1. The number of benzene rings is 1. The van der Waals surface area contributed by atoms with E-state index in [-0.39, 0.29) is 5.91 Å². The Bertz CT molecular complexity index is 598. The van der Waals surface area contributed by atoms with Crippen molar-refractivity contribution < 1.29 is 4.79 Å². The molecule has 4 nitrogen and oxygen atoms in total.